The van der Waals surface area contributed by atoms with Gasteiger partial charge in [-0.3, -0.25) is 9.59 Å². The SMILES string of the molecule is COc1ccc(NC(=O)CNC(=O)c2ccc(C)cc2)cc1OC. The maximum absolute atomic E-state index is 12.0. The molecule has 0 fully saturated rings. The fourth-order valence-electron chi connectivity index (χ4n) is 2.09. The summed E-state index contributed by atoms with van der Waals surface area (Å²) in [6.07, 6.45) is 0. The Labute approximate surface area is 140 Å². The molecule has 2 aromatic carbocycles. The second kappa shape index (κ2) is 8.01. The lowest BCUT2D eigenvalue weighted by molar-refractivity contribution is -0.115. The van der Waals surface area contributed by atoms with E-state index in [0.29, 0.717) is 22.7 Å². The Morgan fingerprint density at radius 3 is 2.25 bits per heavy atom. The van der Waals surface area contributed by atoms with Gasteiger partial charge in [0.2, 0.25) is 5.91 Å². The average Bonchev–Trinajstić information content (AvgIpc) is 2.60. The summed E-state index contributed by atoms with van der Waals surface area (Å²) in [5, 5.41) is 5.28. The van der Waals surface area contributed by atoms with Crippen molar-refractivity contribution < 1.29 is 19.1 Å². The summed E-state index contributed by atoms with van der Waals surface area (Å²) < 4.78 is 10.3. The Kier molecular flexibility index (Phi) is 5.78. The van der Waals surface area contributed by atoms with Gasteiger partial charge in [0.1, 0.15) is 0 Å². The monoisotopic (exact) mass is 328 g/mol. The molecule has 0 atom stereocenters. The van der Waals surface area contributed by atoms with Crippen LogP contribution in [0.2, 0.25) is 0 Å². The molecule has 0 heterocycles. The summed E-state index contributed by atoms with van der Waals surface area (Å²) >= 11 is 0. The third-order valence-electron chi connectivity index (χ3n) is 3.39. The Bertz CT molecular complexity index is 726. The van der Waals surface area contributed by atoms with Crippen LogP contribution in [0.4, 0.5) is 5.69 Å². The zero-order chi connectivity index (χ0) is 17.5. The minimum absolute atomic E-state index is 0.124. The average molecular weight is 328 g/mol. The van der Waals surface area contributed by atoms with Crippen molar-refractivity contribution in [1.29, 1.82) is 0 Å². The molecular weight excluding hydrogens is 308 g/mol. The molecule has 24 heavy (non-hydrogen) atoms. The highest BCUT2D eigenvalue weighted by Crippen LogP contribution is 2.29. The molecule has 0 aliphatic rings. The van der Waals surface area contributed by atoms with E-state index in [1.165, 1.54) is 14.2 Å². The molecule has 6 heteroatoms. The number of hydrogen-bond acceptors (Lipinski definition) is 4. The molecule has 0 saturated carbocycles. The Morgan fingerprint density at radius 1 is 0.958 bits per heavy atom. The van der Waals surface area contributed by atoms with E-state index in [4.69, 9.17) is 9.47 Å². The highest BCUT2D eigenvalue weighted by atomic mass is 16.5. The molecule has 0 unspecified atom stereocenters. The fraction of sp³-hybridized carbons (Fsp3) is 0.222. The summed E-state index contributed by atoms with van der Waals surface area (Å²) in [4.78, 5) is 23.9. The van der Waals surface area contributed by atoms with Crippen LogP contribution in [0.15, 0.2) is 42.5 Å². The van der Waals surface area contributed by atoms with E-state index in [1.807, 2.05) is 19.1 Å². The first kappa shape index (κ1) is 17.3. The summed E-state index contributed by atoms with van der Waals surface area (Å²) in [7, 11) is 3.06. The standard InChI is InChI=1S/C18H20N2O4/c1-12-4-6-13(7-5-12)18(22)19-11-17(21)20-14-8-9-15(23-2)16(10-14)24-3/h4-10H,11H2,1-3H3,(H,19,22)(H,20,21). The maximum atomic E-state index is 12.0. The molecule has 0 aromatic heterocycles. The highest BCUT2D eigenvalue weighted by Gasteiger charge is 2.10. The molecule has 2 aromatic rings. The van der Waals surface area contributed by atoms with E-state index in [9.17, 15) is 9.59 Å². The van der Waals surface area contributed by atoms with E-state index in [1.54, 1.807) is 30.3 Å². The smallest absolute Gasteiger partial charge is 0.251 e. The van der Waals surface area contributed by atoms with Gasteiger partial charge in [-0.2, -0.15) is 0 Å². The van der Waals surface area contributed by atoms with Crippen LogP contribution in [0.3, 0.4) is 0 Å². The molecule has 0 bridgehead atoms. The number of carbonyl (C=O) groups excluding carboxylic acids is 2. The molecule has 0 spiro atoms. The molecule has 0 aliphatic heterocycles. The number of methoxy groups -OCH3 is 2. The lowest BCUT2D eigenvalue weighted by Crippen LogP contribution is -2.32. The van der Waals surface area contributed by atoms with Gasteiger partial charge in [0.25, 0.3) is 5.91 Å². The summed E-state index contributed by atoms with van der Waals surface area (Å²) in [6.45, 7) is 1.82. The predicted octanol–water partition coefficient (Wildman–Crippen LogP) is 2.38. The summed E-state index contributed by atoms with van der Waals surface area (Å²) in [5.74, 6) is 0.460. The molecule has 2 amide bonds. The topological polar surface area (TPSA) is 76.7 Å². The van der Waals surface area contributed by atoms with Crippen molar-refractivity contribution in [3.8, 4) is 11.5 Å². The minimum atomic E-state index is -0.331. The van der Waals surface area contributed by atoms with Crippen LogP contribution >= 0.6 is 0 Å². The van der Waals surface area contributed by atoms with Gasteiger partial charge in [0, 0.05) is 17.3 Å². The van der Waals surface area contributed by atoms with Gasteiger partial charge in [-0.05, 0) is 31.2 Å². The molecule has 0 aliphatic carbocycles. The van der Waals surface area contributed by atoms with Crippen LogP contribution in [-0.2, 0) is 4.79 Å². The normalized spacial score (nSPS) is 9.96. The zero-order valence-electron chi connectivity index (χ0n) is 13.9. The Morgan fingerprint density at radius 2 is 1.62 bits per heavy atom. The first-order valence-corrected chi connectivity index (χ1v) is 7.40. The highest BCUT2D eigenvalue weighted by molar-refractivity contribution is 5.99. The predicted molar refractivity (Wildman–Crippen MR) is 91.7 cm³/mol. The van der Waals surface area contributed by atoms with Crippen LogP contribution in [0, 0.1) is 6.92 Å². The second-order valence-electron chi connectivity index (χ2n) is 5.17. The van der Waals surface area contributed by atoms with E-state index >= 15 is 0 Å². The van der Waals surface area contributed by atoms with Gasteiger partial charge in [-0.1, -0.05) is 17.7 Å². The van der Waals surface area contributed by atoms with Gasteiger partial charge in [0.05, 0.1) is 20.8 Å². The van der Waals surface area contributed by atoms with Crippen molar-refractivity contribution in [2.45, 2.75) is 6.92 Å². The van der Waals surface area contributed by atoms with Crippen molar-refractivity contribution >= 4 is 17.5 Å². The first-order valence-electron chi connectivity index (χ1n) is 7.40. The fourth-order valence-corrected chi connectivity index (χ4v) is 2.09. The Hall–Kier alpha value is -3.02. The molecule has 126 valence electrons. The van der Waals surface area contributed by atoms with Crippen molar-refractivity contribution in [2.24, 2.45) is 0 Å². The molecule has 0 radical (unpaired) electrons. The number of amides is 2. The quantitative estimate of drug-likeness (QED) is 0.853. The maximum Gasteiger partial charge on any atom is 0.251 e. The third-order valence-corrected chi connectivity index (χ3v) is 3.39. The number of aryl methyl sites for hydroxylation is 1. The summed E-state index contributed by atoms with van der Waals surface area (Å²) in [6, 6.07) is 12.2. The van der Waals surface area contributed by atoms with Crippen molar-refractivity contribution in [1.82, 2.24) is 5.32 Å². The van der Waals surface area contributed by atoms with E-state index in [2.05, 4.69) is 10.6 Å². The minimum Gasteiger partial charge on any atom is -0.493 e. The van der Waals surface area contributed by atoms with Crippen LogP contribution in [-0.4, -0.2) is 32.6 Å². The summed E-state index contributed by atoms with van der Waals surface area (Å²) in [5.41, 5.74) is 2.14. The second-order valence-corrected chi connectivity index (χ2v) is 5.17. The molecule has 6 nitrogen and oxygen atoms in total. The number of hydrogen-bond donors (Lipinski definition) is 2. The lowest BCUT2D eigenvalue weighted by Gasteiger charge is -2.11. The van der Waals surface area contributed by atoms with Crippen LogP contribution in [0.25, 0.3) is 0 Å². The Balaban J connectivity index is 1.91. The number of nitrogens with one attached hydrogen (secondary N) is 2. The lowest BCUT2D eigenvalue weighted by atomic mass is 10.1. The number of rotatable bonds is 6. The van der Waals surface area contributed by atoms with Crippen molar-refractivity contribution in [2.75, 3.05) is 26.1 Å². The number of benzene rings is 2. The van der Waals surface area contributed by atoms with Gasteiger partial charge >= 0.3 is 0 Å². The van der Waals surface area contributed by atoms with Gasteiger partial charge < -0.3 is 20.1 Å². The van der Waals surface area contributed by atoms with Crippen LogP contribution < -0.4 is 20.1 Å². The number of carbonyl (C=O) groups is 2. The van der Waals surface area contributed by atoms with Gasteiger partial charge in [-0.25, -0.2) is 0 Å². The molecule has 2 N–H and O–H groups in total. The van der Waals surface area contributed by atoms with E-state index < -0.39 is 0 Å². The van der Waals surface area contributed by atoms with E-state index in [0.717, 1.165) is 5.56 Å². The third kappa shape index (κ3) is 4.49. The molecule has 0 saturated heterocycles. The molecule has 2 rings (SSSR count). The van der Waals surface area contributed by atoms with Crippen LogP contribution in [0.1, 0.15) is 15.9 Å². The molecular formula is C18H20N2O4. The van der Waals surface area contributed by atoms with Crippen molar-refractivity contribution in [3.63, 3.8) is 0 Å². The number of ether oxygens (including phenoxy) is 2. The first-order chi connectivity index (χ1) is 11.5. The number of anilines is 1. The largest absolute Gasteiger partial charge is 0.493 e. The van der Waals surface area contributed by atoms with Crippen molar-refractivity contribution in [3.05, 3.63) is 53.6 Å². The van der Waals surface area contributed by atoms with Gasteiger partial charge in [-0.15, -0.1) is 0 Å². The van der Waals surface area contributed by atoms with E-state index in [-0.39, 0.29) is 18.4 Å². The zero-order valence-corrected chi connectivity index (χ0v) is 13.9. The van der Waals surface area contributed by atoms with Gasteiger partial charge in [0.15, 0.2) is 11.5 Å². The van der Waals surface area contributed by atoms with Crippen LogP contribution in [0.5, 0.6) is 11.5 Å².